The fourth-order valence-corrected chi connectivity index (χ4v) is 2.97. The number of piperazine rings is 1. The van der Waals surface area contributed by atoms with Crippen molar-refractivity contribution in [3.8, 4) is 0 Å². The number of carbonyl (C=O) groups excluding carboxylic acids is 1. The van der Waals surface area contributed by atoms with Crippen LogP contribution in [0.3, 0.4) is 0 Å². The molecule has 0 aromatic carbocycles. The molecule has 1 aromatic heterocycles. The largest absolute Gasteiger partial charge is 0.340 e. The molecule has 2 aliphatic heterocycles. The Hall–Kier alpha value is -1.69. The van der Waals surface area contributed by atoms with Crippen molar-refractivity contribution < 1.29 is 9.18 Å². The van der Waals surface area contributed by atoms with E-state index in [0.717, 1.165) is 13.1 Å². The van der Waals surface area contributed by atoms with Crippen molar-refractivity contribution in [3.63, 3.8) is 0 Å². The van der Waals surface area contributed by atoms with Crippen molar-refractivity contribution in [2.45, 2.75) is 25.9 Å². The van der Waals surface area contributed by atoms with E-state index in [4.69, 9.17) is 0 Å². The molecular weight excluding hydrogens is 259 g/mol. The standard InChI is InChI=1S/C14H19FN4O/c1-9(2)18-4-5-19-12(8-18)14(20)17(3)11-6-10(15)7-16-13(11)19/h6-7,9,12H,4-5,8H2,1-3H3/t12-/m1/s1. The van der Waals surface area contributed by atoms with Gasteiger partial charge in [0.15, 0.2) is 5.82 Å². The molecule has 0 saturated carbocycles. The number of carbonyl (C=O) groups is 1. The summed E-state index contributed by atoms with van der Waals surface area (Å²) < 4.78 is 13.4. The molecule has 1 fully saturated rings. The molecule has 0 N–H and O–H groups in total. The van der Waals surface area contributed by atoms with Gasteiger partial charge in [-0.1, -0.05) is 0 Å². The Kier molecular flexibility index (Phi) is 3.12. The van der Waals surface area contributed by atoms with E-state index in [1.54, 1.807) is 7.05 Å². The molecule has 0 bridgehead atoms. The van der Waals surface area contributed by atoms with Crippen molar-refractivity contribution in [3.05, 3.63) is 18.1 Å². The molecule has 1 saturated heterocycles. The van der Waals surface area contributed by atoms with Gasteiger partial charge in [-0.25, -0.2) is 9.37 Å². The van der Waals surface area contributed by atoms with Crippen LogP contribution in [0.1, 0.15) is 13.8 Å². The molecule has 0 spiro atoms. The van der Waals surface area contributed by atoms with E-state index in [-0.39, 0.29) is 11.9 Å². The molecule has 3 heterocycles. The Labute approximate surface area is 118 Å². The maximum Gasteiger partial charge on any atom is 0.250 e. The minimum atomic E-state index is -0.414. The Morgan fingerprint density at radius 3 is 2.85 bits per heavy atom. The maximum atomic E-state index is 13.4. The van der Waals surface area contributed by atoms with Gasteiger partial charge in [-0.2, -0.15) is 0 Å². The Morgan fingerprint density at radius 1 is 1.40 bits per heavy atom. The van der Waals surface area contributed by atoms with Crippen molar-refractivity contribution in [1.29, 1.82) is 0 Å². The molecule has 5 nitrogen and oxygen atoms in total. The van der Waals surface area contributed by atoms with Crippen LogP contribution in [0.5, 0.6) is 0 Å². The second kappa shape index (κ2) is 4.70. The zero-order chi connectivity index (χ0) is 14.4. The summed E-state index contributed by atoms with van der Waals surface area (Å²) in [5, 5.41) is 0. The van der Waals surface area contributed by atoms with Crippen LogP contribution < -0.4 is 9.80 Å². The van der Waals surface area contributed by atoms with Crippen LogP contribution in [0.15, 0.2) is 12.3 Å². The fourth-order valence-electron chi connectivity index (χ4n) is 2.97. The predicted molar refractivity (Wildman–Crippen MR) is 75.4 cm³/mol. The quantitative estimate of drug-likeness (QED) is 0.771. The highest BCUT2D eigenvalue weighted by molar-refractivity contribution is 6.04. The van der Waals surface area contributed by atoms with Crippen LogP contribution in [0.2, 0.25) is 0 Å². The molecule has 3 rings (SSSR count). The first-order chi connectivity index (χ1) is 9.49. The number of aromatic nitrogens is 1. The Morgan fingerprint density at radius 2 is 2.15 bits per heavy atom. The van der Waals surface area contributed by atoms with E-state index in [9.17, 15) is 9.18 Å². The minimum Gasteiger partial charge on any atom is -0.340 e. The smallest absolute Gasteiger partial charge is 0.250 e. The summed E-state index contributed by atoms with van der Waals surface area (Å²) in [5.41, 5.74) is 0.559. The van der Waals surface area contributed by atoms with Crippen LogP contribution >= 0.6 is 0 Å². The third-order valence-electron chi connectivity index (χ3n) is 4.20. The summed E-state index contributed by atoms with van der Waals surface area (Å²) in [6, 6.07) is 1.57. The normalized spacial score (nSPS) is 23.1. The average molecular weight is 278 g/mol. The van der Waals surface area contributed by atoms with Gasteiger partial charge in [0.2, 0.25) is 0 Å². The number of amides is 1. The van der Waals surface area contributed by atoms with Crippen LogP contribution in [0, 0.1) is 5.82 Å². The minimum absolute atomic E-state index is 0.00949. The number of pyridine rings is 1. The molecule has 0 radical (unpaired) electrons. The SMILES string of the molecule is CC(C)N1CCN2c3ncc(F)cc3N(C)C(=O)[C@H]2C1. The number of anilines is 2. The van der Waals surface area contributed by atoms with E-state index in [2.05, 4.69) is 23.7 Å². The van der Waals surface area contributed by atoms with Crippen molar-refractivity contribution in [2.75, 3.05) is 36.5 Å². The molecule has 2 aliphatic rings. The first-order valence-corrected chi connectivity index (χ1v) is 6.93. The number of nitrogens with zero attached hydrogens (tertiary/aromatic N) is 4. The van der Waals surface area contributed by atoms with E-state index >= 15 is 0 Å². The highest BCUT2D eigenvalue weighted by Crippen LogP contribution is 2.35. The van der Waals surface area contributed by atoms with Gasteiger partial charge < -0.3 is 9.80 Å². The maximum absolute atomic E-state index is 13.4. The molecule has 108 valence electrons. The molecule has 1 atom stereocenters. The van der Waals surface area contributed by atoms with Gasteiger partial charge in [0, 0.05) is 38.8 Å². The molecule has 0 unspecified atom stereocenters. The number of hydrogen-bond acceptors (Lipinski definition) is 4. The van der Waals surface area contributed by atoms with Gasteiger partial charge in [0.25, 0.3) is 5.91 Å². The Balaban J connectivity index is 1.99. The zero-order valence-electron chi connectivity index (χ0n) is 12.0. The summed E-state index contributed by atoms with van der Waals surface area (Å²) in [5.74, 6) is 0.305. The van der Waals surface area contributed by atoms with Crippen LogP contribution in [-0.2, 0) is 4.79 Å². The zero-order valence-corrected chi connectivity index (χ0v) is 12.0. The van der Waals surface area contributed by atoms with E-state index in [0.29, 0.717) is 24.1 Å². The third kappa shape index (κ3) is 1.95. The van der Waals surface area contributed by atoms with E-state index in [1.807, 2.05) is 4.90 Å². The topological polar surface area (TPSA) is 39.7 Å². The lowest BCUT2D eigenvalue weighted by Crippen LogP contribution is -2.63. The van der Waals surface area contributed by atoms with Crippen LogP contribution in [0.4, 0.5) is 15.9 Å². The first kappa shape index (κ1) is 13.3. The molecule has 1 aromatic rings. The summed E-state index contributed by atoms with van der Waals surface area (Å²) in [6.07, 6.45) is 1.22. The second-order valence-corrected chi connectivity index (χ2v) is 5.69. The lowest BCUT2D eigenvalue weighted by molar-refractivity contribution is -0.121. The first-order valence-electron chi connectivity index (χ1n) is 6.93. The highest BCUT2D eigenvalue weighted by Gasteiger charge is 2.41. The van der Waals surface area contributed by atoms with Gasteiger partial charge in [-0.3, -0.25) is 9.69 Å². The summed E-state index contributed by atoms with van der Waals surface area (Å²) in [7, 11) is 1.69. The molecule has 0 aliphatic carbocycles. The van der Waals surface area contributed by atoms with Crippen molar-refractivity contribution in [2.24, 2.45) is 0 Å². The van der Waals surface area contributed by atoms with Crippen molar-refractivity contribution >= 4 is 17.4 Å². The van der Waals surface area contributed by atoms with Gasteiger partial charge in [0.05, 0.1) is 11.9 Å². The van der Waals surface area contributed by atoms with E-state index in [1.165, 1.54) is 17.2 Å². The lowest BCUT2D eigenvalue weighted by atomic mass is 10.0. The number of halogens is 1. The average Bonchev–Trinajstić information content (AvgIpc) is 2.44. The summed E-state index contributed by atoms with van der Waals surface area (Å²) >= 11 is 0. The molecule has 6 heteroatoms. The second-order valence-electron chi connectivity index (χ2n) is 5.69. The summed E-state index contributed by atoms with van der Waals surface area (Å²) in [6.45, 7) is 6.60. The predicted octanol–water partition coefficient (Wildman–Crippen LogP) is 1.10. The summed E-state index contributed by atoms with van der Waals surface area (Å²) in [4.78, 5) is 22.5. The number of rotatable bonds is 1. The van der Waals surface area contributed by atoms with E-state index < -0.39 is 5.82 Å². The lowest BCUT2D eigenvalue weighted by Gasteiger charge is -2.47. The van der Waals surface area contributed by atoms with Gasteiger partial charge in [-0.05, 0) is 13.8 Å². The number of likely N-dealkylation sites (N-methyl/N-ethyl adjacent to an activating group) is 1. The highest BCUT2D eigenvalue weighted by atomic mass is 19.1. The monoisotopic (exact) mass is 278 g/mol. The molecular formula is C14H19FN4O. The van der Waals surface area contributed by atoms with Crippen LogP contribution in [-0.4, -0.2) is 54.6 Å². The molecule has 1 amide bonds. The molecule has 20 heavy (non-hydrogen) atoms. The van der Waals surface area contributed by atoms with Gasteiger partial charge in [0.1, 0.15) is 11.9 Å². The number of fused-ring (bicyclic) bond motifs is 3. The van der Waals surface area contributed by atoms with Gasteiger partial charge >= 0.3 is 0 Å². The fraction of sp³-hybridized carbons (Fsp3) is 0.571. The third-order valence-corrected chi connectivity index (χ3v) is 4.20. The number of hydrogen-bond donors (Lipinski definition) is 0. The van der Waals surface area contributed by atoms with Crippen LogP contribution in [0.25, 0.3) is 0 Å². The van der Waals surface area contributed by atoms with Gasteiger partial charge in [-0.15, -0.1) is 0 Å². The Bertz CT molecular complexity index is 548. The van der Waals surface area contributed by atoms with Crippen molar-refractivity contribution in [1.82, 2.24) is 9.88 Å².